The molecule has 3 rings (SSSR count). The van der Waals surface area contributed by atoms with Crippen molar-refractivity contribution >= 4 is 68.7 Å². The van der Waals surface area contributed by atoms with Gasteiger partial charge in [-0.05, 0) is 59.7 Å². The molecular weight excluding hydrogens is 749 g/mol. The van der Waals surface area contributed by atoms with Gasteiger partial charge in [0.25, 0.3) is 5.91 Å². The van der Waals surface area contributed by atoms with Crippen molar-refractivity contribution in [1.82, 2.24) is 10.6 Å². The van der Waals surface area contributed by atoms with Gasteiger partial charge in [0.15, 0.2) is 6.20 Å². The van der Waals surface area contributed by atoms with Crippen LogP contribution in [0.3, 0.4) is 0 Å². The van der Waals surface area contributed by atoms with Crippen molar-refractivity contribution in [3.05, 3.63) is 121 Å². The van der Waals surface area contributed by atoms with E-state index in [4.69, 9.17) is 0 Å². The highest BCUT2D eigenvalue weighted by Gasteiger charge is 2.13. The van der Waals surface area contributed by atoms with Crippen molar-refractivity contribution in [2.45, 2.75) is 6.54 Å². The van der Waals surface area contributed by atoms with Crippen molar-refractivity contribution in [2.75, 3.05) is 93.5 Å². The molecule has 0 radical (unpaired) electrons. The van der Waals surface area contributed by atoms with Gasteiger partial charge in [0, 0.05) is 80.4 Å². The van der Waals surface area contributed by atoms with Crippen molar-refractivity contribution in [3.8, 4) is 0 Å². The maximum atomic E-state index is 12.7. The van der Waals surface area contributed by atoms with Crippen molar-refractivity contribution in [2.24, 2.45) is 4.99 Å². The Morgan fingerprint density at radius 3 is 1.77 bits per heavy atom. The van der Waals surface area contributed by atoms with Gasteiger partial charge < -0.3 is 40.9 Å². The Labute approximate surface area is 338 Å². The Kier molecular flexibility index (Phi) is 22.7. The number of hydrogen-bond acceptors (Lipinski definition) is 11. The van der Waals surface area contributed by atoms with Gasteiger partial charge in [0.2, 0.25) is 18.1 Å². The number of nitrogens with zero attached hydrogens (tertiary/aromatic N) is 4. The summed E-state index contributed by atoms with van der Waals surface area (Å²) in [7, 11) is 3.26. The molecule has 0 bridgehead atoms. The third kappa shape index (κ3) is 17.8. The summed E-state index contributed by atoms with van der Waals surface area (Å²) in [4.78, 5) is 33.5. The van der Waals surface area contributed by atoms with Crippen molar-refractivity contribution < 1.29 is 34.6 Å². The number of carbonyl (C=O) groups is 2. The summed E-state index contributed by atoms with van der Waals surface area (Å²) in [5.41, 5.74) is 5.28. The first kappa shape index (κ1) is 45.7. The molecule has 0 saturated heterocycles. The number of anilines is 2. The monoisotopic (exact) mass is 803 g/mol. The quantitative estimate of drug-likeness (QED) is 0.0222. The molecular formula is C42H55N6O6S2+. The van der Waals surface area contributed by atoms with Gasteiger partial charge in [0.1, 0.15) is 6.54 Å². The molecule has 0 aliphatic carbocycles. The van der Waals surface area contributed by atoms with Crippen LogP contribution in [-0.4, -0.2) is 122 Å². The number of aliphatic imine (C=N–C) groups is 1. The molecule has 6 N–H and O–H groups in total. The van der Waals surface area contributed by atoms with Crippen LogP contribution in [-0.2, 0) is 16.1 Å². The van der Waals surface area contributed by atoms with Gasteiger partial charge >= 0.3 is 0 Å². The summed E-state index contributed by atoms with van der Waals surface area (Å²) in [6.45, 7) is 6.72. The molecule has 300 valence electrons. The van der Waals surface area contributed by atoms with Crippen LogP contribution in [0, 0.1) is 0 Å². The number of amides is 2. The zero-order valence-electron chi connectivity index (χ0n) is 31.8. The average Bonchev–Trinajstić information content (AvgIpc) is 3.21. The lowest BCUT2D eigenvalue weighted by Gasteiger charge is -2.22. The number of pyridine rings is 1. The number of carbonyl (C=O) groups excluding carboxylic acids is 2. The summed E-state index contributed by atoms with van der Waals surface area (Å²) < 4.78 is 1.89. The topological polar surface area (TPSA) is 162 Å². The third-order valence-electron chi connectivity index (χ3n) is 8.09. The maximum Gasteiger partial charge on any atom is 0.286 e. The van der Waals surface area contributed by atoms with E-state index in [1.54, 1.807) is 39.8 Å². The third-order valence-corrected chi connectivity index (χ3v) is 10.5. The van der Waals surface area contributed by atoms with E-state index in [1.807, 2.05) is 112 Å². The summed E-state index contributed by atoms with van der Waals surface area (Å²) in [5.74, 6) is 1.18. The minimum atomic E-state index is -0.177. The lowest BCUT2D eigenvalue weighted by atomic mass is 10.1. The Morgan fingerprint density at radius 2 is 1.23 bits per heavy atom. The highest BCUT2D eigenvalue weighted by molar-refractivity contribution is 8.76. The first-order valence-electron chi connectivity index (χ1n) is 18.5. The largest absolute Gasteiger partial charge is 0.395 e. The molecule has 1 aromatic heterocycles. The number of aromatic nitrogens is 1. The minimum absolute atomic E-state index is 0.00120. The lowest BCUT2D eigenvalue weighted by molar-refractivity contribution is -0.686. The van der Waals surface area contributed by atoms with Gasteiger partial charge in [-0.25, -0.2) is 0 Å². The second-order valence-corrected chi connectivity index (χ2v) is 14.9. The number of aliphatic hydroxyl groups is 4. The van der Waals surface area contributed by atoms with E-state index in [9.17, 15) is 30.0 Å². The zero-order valence-corrected chi connectivity index (χ0v) is 33.4. The summed E-state index contributed by atoms with van der Waals surface area (Å²) in [5, 5.41) is 43.1. The molecule has 0 aliphatic rings. The van der Waals surface area contributed by atoms with Gasteiger partial charge in [-0.3, -0.25) is 14.6 Å². The number of aliphatic hydroxyl groups excluding tert-OH is 4. The van der Waals surface area contributed by atoms with E-state index >= 15 is 0 Å². The van der Waals surface area contributed by atoms with Crippen LogP contribution in [0.5, 0.6) is 0 Å². The fourth-order valence-electron chi connectivity index (χ4n) is 5.30. The summed E-state index contributed by atoms with van der Waals surface area (Å²) in [6.07, 6.45) is 14.8. The molecule has 0 aliphatic heterocycles. The number of benzene rings is 2. The van der Waals surface area contributed by atoms with E-state index < -0.39 is 0 Å². The first-order valence-corrected chi connectivity index (χ1v) is 21.0. The minimum Gasteiger partial charge on any atom is -0.395 e. The Balaban J connectivity index is 1.35. The normalized spacial score (nSPS) is 11.8. The van der Waals surface area contributed by atoms with E-state index in [-0.39, 0.29) is 51.3 Å². The van der Waals surface area contributed by atoms with Gasteiger partial charge in [-0.2, -0.15) is 4.57 Å². The predicted octanol–water partition coefficient (Wildman–Crippen LogP) is 3.24. The summed E-state index contributed by atoms with van der Waals surface area (Å²) >= 11 is 0. The molecule has 0 atom stereocenters. The molecule has 3 aromatic rings. The molecule has 14 heteroatoms. The van der Waals surface area contributed by atoms with Gasteiger partial charge in [0.05, 0.1) is 32.1 Å². The van der Waals surface area contributed by atoms with Gasteiger partial charge in [-0.15, -0.1) is 0 Å². The number of rotatable bonds is 27. The summed E-state index contributed by atoms with van der Waals surface area (Å²) in [6, 6.07) is 21.4. The zero-order chi connectivity index (χ0) is 40.2. The van der Waals surface area contributed by atoms with Crippen LogP contribution < -0.4 is 25.0 Å². The standard InChI is InChI=1S/C42H54N6O6S2/c1-2-3-6-37(14-8-35-10-16-39(17-11-35)46(23-27-49)24-28-50)45-33-41(53)43-20-31-55-56-32-21-44-42(54)34-48-22-5-4-7-38(48)15-9-36-12-18-40(19-13-36)47(25-29-51)26-30-52/h2-19,22,49-52H,1,20-21,23-34H2,(H-,43,44,53,54)/p+1. The Hall–Kier alpha value is -4.70. The predicted molar refractivity (Wildman–Crippen MR) is 233 cm³/mol. The molecule has 2 aromatic carbocycles. The van der Waals surface area contributed by atoms with Crippen molar-refractivity contribution in [3.63, 3.8) is 0 Å². The number of allylic oxidation sites excluding steroid dienone is 4. The Morgan fingerprint density at radius 1 is 0.696 bits per heavy atom. The number of nitrogens with one attached hydrogen (secondary N) is 2. The molecule has 1 heterocycles. The molecule has 0 unspecified atom stereocenters. The lowest BCUT2D eigenvalue weighted by Crippen LogP contribution is -2.45. The fourth-order valence-corrected chi connectivity index (χ4v) is 7.12. The van der Waals surface area contributed by atoms with Crippen LogP contribution in [0.25, 0.3) is 18.2 Å². The molecule has 0 saturated carbocycles. The van der Waals surface area contributed by atoms with Crippen LogP contribution in [0.2, 0.25) is 0 Å². The van der Waals surface area contributed by atoms with E-state index in [0.717, 1.165) is 33.9 Å². The number of hydrogen-bond donors (Lipinski definition) is 6. The molecule has 0 fully saturated rings. The fraction of sp³-hybridized carbons (Fsp3) is 0.333. The van der Waals surface area contributed by atoms with Crippen LogP contribution in [0.4, 0.5) is 11.4 Å². The van der Waals surface area contributed by atoms with E-state index in [2.05, 4.69) is 22.2 Å². The first-order chi connectivity index (χ1) is 27.4. The smallest absolute Gasteiger partial charge is 0.286 e. The van der Waals surface area contributed by atoms with Gasteiger partial charge in [-0.1, -0.05) is 70.7 Å². The Bertz CT molecular complexity index is 1720. The second-order valence-electron chi connectivity index (χ2n) is 12.2. The van der Waals surface area contributed by atoms with Crippen LogP contribution in [0.1, 0.15) is 16.8 Å². The molecule has 0 spiro atoms. The highest BCUT2D eigenvalue weighted by Crippen LogP contribution is 2.20. The van der Waals surface area contributed by atoms with Crippen LogP contribution >= 0.6 is 21.6 Å². The van der Waals surface area contributed by atoms with E-state index in [1.165, 1.54) is 0 Å². The van der Waals surface area contributed by atoms with E-state index in [0.29, 0.717) is 50.7 Å². The molecule has 2 amide bonds. The van der Waals surface area contributed by atoms with Crippen molar-refractivity contribution in [1.29, 1.82) is 0 Å². The maximum absolute atomic E-state index is 12.7. The SMILES string of the molecule is C=CC=CC(C=Cc1ccc(N(CCO)CCO)cc1)=NCC(=O)NCCSSCCNC(=O)C[n+]1ccccc1C=Cc1ccc(N(CCO)CCO)cc1. The van der Waals surface area contributed by atoms with Crippen LogP contribution in [0.15, 0.2) is 109 Å². The average molecular weight is 804 g/mol. The second kappa shape index (κ2) is 27.8. The molecule has 12 nitrogen and oxygen atoms in total. The molecule has 56 heavy (non-hydrogen) atoms. The highest BCUT2D eigenvalue weighted by atomic mass is 33.1.